The van der Waals surface area contributed by atoms with Crippen molar-refractivity contribution in [2.75, 3.05) is 0 Å². The van der Waals surface area contributed by atoms with Crippen molar-refractivity contribution in [3.05, 3.63) is 84.3 Å². The summed E-state index contributed by atoms with van der Waals surface area (Å²) in [6.07, 6.45) is 7.86. The molecule has 3 heterocycles. The summed E-state index contributed by atoms with van der Waals surface area (Å²) >= 11 is 0. The van der Waals surface area contributed by atoms with E-state index in [0.717, 1.165) is 18.4 Å². The Bertz CT molecular complexity index is 819. The van der Waals surface area contributed by atoms with Crippen LogP contribution in [0.5, 0.6) is 0 Å². The van der Waals surface area contributed by atoms with Gasteiger partial charge >= 0.3 is 0 Å². The summed E-state index contributed by atoms with van der Waals surface area (Å²) in [5.41, 5.74) is 2.72. The summed E-state index contributed by atoms with van der Waals surface area (Å²) in [4.78, 5) is 21.1. The molecule has 5 nitrogen and oxygen atoms in total. The van der Waals surface area contributed by atoms with Gasteiger partial charge in [-0.1, -0.05) is 36.4 Å². The van der Waals surface area contributed by atoms with Crippen LogP contribution in [0.15, 0.2) is 71.9 Å². The fourth-order valence-corrected chi connectivity index (χ4v) is 3.57. The summed E-state index contributed by atoms with van der Waals surface area (Å²) in [7, 11) is 0. The second kappa shape index (κ2) is 6.99. The molecule has 1 aliphatic heterocycles. The van der Waals surface area contributed by atoms with Crippen LogP contribution in [0.1, 0.15) is 34.1 Å². The minimum atomic E-state index is -0.143. The molecule has 0 bridgehead atoms. The lowest BCUT2D eigenvalue weighted by Crippen LogP contribution is -2.34. The lowest BCUT2D eigenvalue weighted by Gasteiger charge is -2.18. The molecule has 1 N–H and O–H groups in total. The maximum absolute atomic E-state index is 12.9. The molecule has 3 unspecified atom stereocenters. The van der Waals surface area contributed by atoms with Crippen LogP contribution in [0.2, 0.25) is 0 Å². The Morgan fingerprint density at radius 2 is 2.08 bits per heavy atom. The third kappa shape index (κ3) is 3.37. The molecular formula is C20H19N3O2. The van der Waals surface area contributed by atoms with Crippen LogP contribution < -0.4 is 5.32 Å². The van der Waals surface area contributed by atoms with Crippen LogP contribution in [-0.4, -0.2) is 21.8 Å². The highest BCUT2D eigenvalue weighted by Gasteiger charge is 2.39. The van der Waals surface area contributed by atoms with E-state index in [1.165, 1.54) is 18.2 Å². The molecule has 0 spiro atoms. The van der Waals surface area contributed by atoms with Crippen LogP contribution >= 0.6 is 0 Å². The fraction of sp³-hybridized carbons (Fsp3) is 0.250. The average Bonchev–Trinajstić information content (AvgIpc) is 3.33. The monoisotopic (exact) mass is 333 g/mol. The number of carbonyl (C=O) groups is 1. The van der Waals surface area contributed by atoms with E-state index >= 15 is 0 Å². The van der Waals surface area contributed by atoms with Crippen LogP contribution in [-0.2, 0) is 6.42 Å². The molecule has 0 saturated carbocycles. The van der Waals surface area contributed by atoms with Crippen molar-refractivity contribution in [1.29, 1.82) is 0 Å². The molecule has 1 fully saturated rings. The van der Waals surface area contributed by atoms with Gasteiger partial charge in [0.05, 0.1) is 0 Å². The molecule has 25 heavy (non-hydrogen) atoms. The number of carbonyl (C=O) groups excluding carboxylic acids is 1. The van der Waals surface area contributed by atoms with E-state index in [4.69, 9.17) is 4.42 Å². The summed E-state index contributed by atoms with van der Waals surface area (Å²) in [5.74, 6) is -0.107. The van der Waals surface area contributed by atoms with E-state index in [-0.39, 0.29) is 23.8 Å². The third-order valence-electron chi connectivity index (χ3n) is 4.79. The maximum atomic E-state index is 12.9. The van der Waals surface area contributed by atoms with Gasteiger partial charge in [0.25, 0.3) is 0 Å². The Morgan fingerprint density at radius 3 is 2.80 bits per heavy atom. The number of nitrogens with one attached hydrogen (secondary N) is 1. The number of Topliss-reactive ketones (excluding diaryl/α,β-unsaturated/α-hetero) is 1. The van der Waals surface area contributed by atoms with E-state index in [9.17, 15) is 4.79 Å². The van der Waals surface area contributed by atoms with Gasteiger partial charge in [0.2, 0.25) is 0 Å². The van der Waals surface area contributed by atoms with E-state index in [1.807, 2.05) is 36.5 Å². The Labute approximate surface area is 146 Å². The Balaban J connectivity index is 1.60. The maximum Gasteiger partial charge on any atom is 0.189 e. The first-order valence-corrected chi connectivity index (χ1v) is 8.43. The zero-order chi connectivity index (χ0) is 17.1. The normalized spacial score (nSPS) is 22.8. The van der Waals surface area contributed by atoms with E-state index < -0.39 is 0 Å². The molecule has 1 aliphatic rings. The van der Waals surface area contributed by atoms with Crippen molar-refractivity contribution >= 4 is 5.78 Å². The molecule has 0 radical (unpaired) electrons. The third-order valence-corrected chi connectivity index (χ3v) is 4.79. The zero-order valence-electron chi connectivity index (χ0n) is 13.7. The average molecular weight is 333 g/mol. The van der Waals surface area contributed by atoms with Gasteiger partial charge in [0.1, 0.15) is 12.0 Å². The minimum Gasteiger partial charge on any atom is -0.451 e. The molecule has 1 aromatic carbocycles. The highest BCUT2D eigenvalue weighted by molar-refractivity contribution is 5.96. The van der Waals surface area contributed by atoms with Crippen LogP contribution in [0.3, 0.4) is 0 Å². The van der Waals surface area contributed by atoms with Crippen LogP contribution in [0, 0.1) is 5.92 Å². The standard InChI is InChI=1S/C20H19N3O2/c24-20(19-12-25-13-22-19)16-10-17(15-6-2-1-3-7-15)23-18(16)9-14-5-4-8-21-11-14/h1-8,11-13,16-18,23H,9-10H2. The molecular weight excluding hydrogens is 314 g/mol. The van der Waals surface area contributed by atoms with Gasteiger partial charge in [-0.25, -0.2) is 4.98 Å². The van der Waals surface area contributed by atoms with Gasteiger partial charge in [0, 0.05) is 30.4 Å². The number of nitrogens with zero attached hydrogens (tertiary/aromatic N) is 2. The smallest absolute Gasteiger partial charge is 0.189 e. The predicted molar refractivity (Wildman–Crippen MR) is 93.0 cm³/mol. The van der Waals surface area contributed by atoms with Crippen molar-refractivity contribution < 1.29 is 9.21 Å². The van der Waals surface area contributed by atoms with Gasteiger partial charge in [-0.05, 0) is 30.0 Å². The quantitative estimate of drug-likeness (QED) is 0.726. The number of aromatic nitrogens is 2. The number of hydrogen-bond acceptors (Lipinski definition) is 5. The second-order valence-electron chi connectivity index (χ2n) is 6.38. The first kappa shape index (κ1) is 15.7. The molecule has 4 rings (SSSR count). The molecule has 3 atom stereocenters. The summed E-state index contributed by atoms with van der Waals surface area (Å²) in [6.45, 7) is 0. The number of benzene rings is 1. The summed E-state index contributed by atoms with van der Waals surface area (Å²) in [6, 6.07) is 14.4. The molecule has 1 saturated heterocycles. The Hall–Kier alpha value is -2.79. The molecule has 3 aromatic rings. The molecule has 0 amide bonds. The van der Waals surface area contributed by atoms with Crippen molar-refractivity contribution in [2.45, 2.75) is 24.9 Å². The SMILES string of the molecule is O=C(c1cocn1)C1CC(c2ccccc2)NC1Cc1cccnc1. The van der Waals surface area contributed by atoms with Crippen LogP contribution in [0.4, 0.5) is 0 Å². The molecule has 2 aromatic heterocycles. The molecule has 0 aliphatic carbocycles. The topological polar surface area (TPSA) is 68.0 Å². The van der Waals surface area contributed by atoms with E-state index in [2.05, 4.69) is 27.4 Å². The molecule has 5 heteroatoms. The van der Waals surface area contributed by atoms with Crippen molar-refractivity contribution in [3.8, 4) is 0 Å². The van der Waals surface area contributed by atoms with Gasteiger partial charge in [-0.2, -0.15) is 0 Å². The Morgan fingerprint density at radius 1 is 1.20 bits per heavy atom. The number of pyridine rings is 1. The van der Waals surface area contributed by atoms with Gasteiger partial charge in [-0.15, -0.1) is 0 Å². The summed E-state index contributed by atoms with van der Waals surface area (Å²) < 4.78 is 5.00. The molecule has 126 valence electrons. The second-order valence-corrected chi connectivity index (χ2v) is 6.38. The number of rotatable bonds is 5. The highest BCUT2D eigenvalue weighted by atomic mass is 16.3. The van der Waals surface area contributed by atoms with Gasteiger partial charge in [-0.3, -0.25) is 9.78 Å². The number of hydrogen-bond donors (Lipinski definition) is 1. The van der Waals surface area contributed by atoms with Crippen molar-refractivity contribution in [2.24, 2.45) is 5.92 Å². The highest BCUT2D eigenvalue weighted by Crippen LogP contribution is 2.34. The first-order valence-electron chi connectivity index (χ1n) is 8.43. The fourth-order valence-electron chi connectivity index (χ4n) is 3.57. The van der Waals surface area contributed by atoms with Gasteiger partial charge in [0.15, 0.2) is 12.2 Å². The lowest BCUT2D eigenvalue weighted by atomic mass is 9.88. The van der Waals surface area contributed by atoms with Crippen molar-refractivity contribution in [1.82, 2.24) is 15.3 Å². The number of ketones is 1. The number of oxazole rings is 1. The van der Waals surface area contributed by atoms with Crippen LogP contribution in [0.25, 0.3) is 0 Å². The largest absolute Gasteiger partial charge is 0.451 e. The van der Waals surface area contributed by atoms with Gasteiger partial charge < -0.3 is 9.73 Å². The lowest BCUT2D eigenvalue weighted by molar-refractivity contribution is 0.0904. The minimum absolute atomic E-state index is 0.0357. The van der Waals surface area contributed by atoms with Crippen molar-refractivity contribution in [3.63, 3.8) is 0 Å². The first-order chi connectivity index (χ1) is 12.3. The van der Waals surface area contributed by atoms with E-state index in [0.29, 0.717) is 5.69 Å². The zero-order valence-corrected chi connectivity index (χ0v) is 13.7. The Kier molecular flexibility index (Phi) is 4.39. The summed E-state index contributed by atoms with van der Waals surface area (Å²) in [5, 5.41) is 3.64. The van der Waals surface area contributed by atoms with E-state index in [1.54, 1.807) is 6.20 Å². The predicted octanol–water partition coefficient (Wildman–Crippen LogP) is 3.21.